The summed E-state index contributed by atoms with van der Waals surface area (Å²) >= 11 is 10.5. The first-order chi connectivity index (χ1) is 15.0. The Balaban J connectivity index is 1.50. The van der Waals surface area contributed by atoms with E-state index in [9.17, 15) is 9.18 Å². The predicted octanol–water partition coefficient (Wildman–Crippen LogP) is 5.37. The highest BCUT2D eigenvalue weighted by Gasteiger charge is 2.26. The Morgan fingerprint density at radius 1 is 1.32 bits per heavy atom. The Labute approximate surface area is 196 Å². The molecule has 0 aliphatic heterocycles. The fraction of sp³-hybridized carbons (Fsp3) is 0.286. The molecule has 2 heterocycles. The van der Waals surface area contributed by atoms with Gasteiger partial charge in [0.15, 0.2) is 10.9 Å². The summed E-state index contributed by atoms with van der Waals surface area (Å²) in [7, 11) is 1.38. The van der Waals surface area contributed by atoms with Crippen molar-refractivity contribution in [2.75, 3.05) is 17.7 Å². The third kappa shape index (κ3) is 4.81. The molecule has 1 aliphatic rings. The van der Waals surface area contributed by atoms with Crippen molar-refractivity contribution in [2.24, 2.45) is 0 Å². The summed E-state index contributed by atoms with van der Waals surface area (Å²) in [6, 6.07) is 6.58. The Bertz CT molecular complexity index is 1140. The highest BCUT2D eigenvalue weighted by Crippen LogP contribution is 2.38. The van der Waals surface area contributed by atoms with Gasteiger partial charge in [0.2, 0.25) is 0 Å². The number of halogens is 2. The topological polar surface area (TPSA) is 68.2 Å². The predicted molar refractivity (Wildman–Crippen MR) is 128 cm³/mol. The maximum absolute atomic E-state index is 13.9. The minimum absolute atomic E-state index is 0.280. The van der Waals surface area contributed by atoms with Crippen LogP contribution in [0, 0.1) is 5.82 Å². The fourth-order valence-electron chi connectivity index (χ4n) is 3.58. The molecule has 0 fully saturated rings. The van der Waals surface area contributed by atoms with Crippen molar-refractivity contribution in [1.82, 2.24) is 9.78 Å². The van der Waals surface area contributed by atoms with Gasteiger partial charge in [0.1, 0.15) is 10.8 Å². The minimum Gasteiger partial charge on any atom is -0.465 e. The third-order valence-corrected chi connectivity index (χ3v) is 7.02. The van der Waals surface area contributed by atoms with Crippen LogP contribution in [0.15, 0.2) is 34.9 Å². The second kappa shape index (κ2) is 9.46. The van der Waals surface area contributed by atoms with Crippen LogP contribution in [0.25, 0.3) is 0 Å². The van der Waals surface area contributed by atoms with Crippen LogP contribution in [0.4, 0.5) is 15.2 Å². The first-order valence-electron chi connectivity index (χ1n) is 9.73. The van der Waals surface area contributed by atoms with E-state index in [1.165, 1.54) is 29.4 Å². The number of rotatable bonds is 5. The number of thiophene rings is 1. The zero-order valence-corrected chi connectivity index (χ0v) is 19.9. The molecule has 0 amide bonds. The molecule has 162 valence electrons. The lowest BCUT2D eigenvalue weighted by atomic mass is 9.95. The zero-order chi connectivity index (χ0) is 22.0. The normalized spacial score (nSPS) is 12.9. The smallest absolute Gasteiger partial charge is 0.341 e. The summed E-state index contributed by atoms with van der Waals surface area (Å²) in [6.07, 6.45) is 5.74. The maximum Gasteiger partial charge on any atom is 0.341 e. The second-order valence-electron chi connectivity index (χ2n) is 7.10. The lowest BCUT2D eigenvalue weighted by Gasteiger charge is -2.12. The summed E-state index contributed by atoms with van der Waals surface area (Å²) in [4.78, 5) is 13.6. The minimum atomic E-state index is -0.361. The van der Waals surface area contributed by atoms with Gasteiger partial charge in [0.05, 0.1) is 23.7 Å². The van der Waals surface area contributed by atoms with Gasteiger partial charge >= 0.3 is 5.97 Å². The van der Waals surface area contributed by atoms with E-state index < -0.39 is 0 Å². The summed E-state index contributed by atoms with van der Waals surface area (Å²) in [5, 5.41) is 11.6. The average molecular weight is 523 g/mol. The number of aromatic nitrogens is 2. The lowest BCUT2D eigenvalue weighted by molar-refractivity contribution is 0.0601. The number of ether oxygens (including phenoxy) is 1. The van der Waals surface area contributed by atoms with E-state index in [0.717, 1.165) is 31.2 Å². The molecular weight excluding hydrogens is 503 g/mol. The van der Waals surface area contributed by atoms with Crippen molar-refractivity contribution in [2.45, 2.75) is 32.2 Å². The van der Waals surface area contributed by atoms with Crippen molar-refractivity contribution < 1.29 is 13.9 Å². The average Bonchev–Trinajstić information content (AvgIpc) is 3.28. The van der Waals surface area contributed by atoms with E-state index in [1.807, 2.05) is 0 Å². The number of fused-ring (bicyclic) bond motifs is 1. The molecule has 31 heavy (non-hydrogen) atoms. The molecule has 0 radical (unpaired) electrons. The number of carbonyl (C=O) groups is 1. The van der Waals surface area contributed by atoms with Gasteiger partial charge in [0, 0.05) is 16.6 Å². The van der Waals surface area contributed by atoms with Crippen molar-refractivity contribution in [1.29, 1.82) is 0 Å². The highest BCUT2D eigenvalue weighted by atomic mass is 79.9. The number of hydrogen-bond acceptors (Lipinski definition) is 5. The van der Waals surface area contributed by atoms with Gasteiger partial charge in [-0.3, -0.25) is 4.68 Å². The lowest BCUT2D eigenvalue weighted by Crippen LogP contribution is -2.21. The van der Waals surface area contributed by atoms with Crippen LogP contribution in [0.2, 0.25) is 0 Å². The molecule has 4 rings (SSSR count). The molecule has 0 saturated heterocycles. The molecule has 0 bridgehead atoms. The standard InChI is InChI=1S/C21H20BrFN4O2S2/c1-29-20(28)17-13-7-3-5-9-16(13)31-19(17)25-21(30)24-18-14(22)11-27(26-18)10-12-6-2-4-8-15(12)23/h2,4,6,8,11H,3,5,7,9-10H2,1H3,(H2,24,25,26,30). The van der Waals surface area contributed by atoms with Gasteiger partial charge in [0.25, 0.3) is 0 Å². The van der Waals surface area contributed by atoms with Crippen LogP contribution in [-0.4, -0.2) is 28.0 Å². The number of benzene rings is 1. The largest absolute Gasteiger partial charge is 0.465 e. The molecule has 0 saturated carbocycles. The van der Waals surface area contributed by atoms with Crippen molar-refractivity contribution in [3.63, 3.8) is 0 Å². The zero-order valence-electron chi connectivity index (χ0n) is 16.7. The number of thiocarbonyl (C=S) groups is 1. The van der Waals surface area contributed by atoms with Crippen LogP contribution < -0.4 is 10.6 Å². The number of esters is 1. The van der Waals surface area contributed by atoms with Crippen LogP contribution in [0.5, 0.6) is 0 Å². The summed E-state index contributed by atoms with van der Waals surface area (Å²) in [6.45, 7) is 0.289. The molecule has 10 heteroatoms. The highest BCUT2D eigenvalue weighted by molar-refractivity contribution is 9.10. The first-order valence-corrected chi connectivity index (χ1v) is 11.7. The Morgan fingerprint density at radius 3 is 2.87 bits per heavy atom. The van der Waals surface area contributed by atoms with Crippen LogP contribution in [0.1, 0.15) is 39.2 Å². The van der Waals surface area contributed by atoms with Crippen molar-refractivity contribution in [3.8, 4) is 0 Å². The van der Waals surface area contributed by atoms with Crippen LogP contribution in [-0.2, 0) is 24.1 Å². The Morgan fingerprint density at radius 2 is 2.10 bits per heavy atom. The summed E-state index contributed by atoms with van der Waals surface area (Å²) in [5.41, 5.74) is 2.16. The second-order valence-corrected chi connectivity index (χ2v) is 9.47. The molecule has 0 spiro atoms. The third-order valence-electron chi connectivity index (χ3n) is 5.03. The van der Waals surface area contributed by atoms with E-state index in [1.54, 1.807) is 29.1 Å². The van der Waals surface area contributed by atoms with Crippen molar-refractivity contribution >= 4 is 61.4 Å². The van der Waals surface area contributed by atoms with E-state index in [4.69, 9.17) is 17.0 Å². The Kier molecular flexibility index (Phi) is 6.68. The van der Waals surface area contributed by atoms with Crippen molar-refractivity contribution in [3.05, 3.63) is 62.3 Å². The van der Waals surface area contributed by atoms with Gasteiger partial charge < -0.3 is 15.4 Å². The van der Waals surface area contributed by atoms with E-state index in [0.29, 0.717) is 31.5 Å². The van der Waals surface area contributed by atoms with Crippen LogP contribution >= 0.6 is 39.5 Å². The maximum atomic E-state index is 13.9. The number of nitrogens with one attached hydrogen (secondary N) is 2. The molecule has 0 atom stereocenters. The molecule has 1 aromatic carbocycles. The molecule has 0 unspecified atom stereocenters. The monoisotopic (exact) mass is 522 g/mol. The molecule has 1 aliphatic carbocycles. The molecule has 3 aromatic rings. The summed E-state index contributed by atoms with van der Waals surface area (Å²) in [5.74, 6) is -0.146. The van der Waals surface area contributed by atoms with Gasteiger partial charge in [-0.25, -0.2) is 9.18 Å². The van der Waals surface area contributed by atoms with E-state index in [2.05, 4.69) is 31.7 Å². The van der Waals surface area contributed by atoms with Gasteiger partial charge in [-0.15, -0.1) is 11.3 Å². The van der Waals surface area contributed by atoms with Gasteiger partial charge in [-0.1, -0.05) is 18.2 Å². The molecular formula is C21H20BrFN4O2S2. The van der Waals surface area contributed by atoms with Crippen LogP contribution in [0.3, 0.4) is 0 Å². The number of hydrogen-bond donors (Lipinski definition) is 2. The molecule has 2 N–H and O–H groups in total. The number of aryl methyl sites for hydroxylation is 1. The Hall–Kier alpha value is -2.30. The van der Waals surface area contributed by atoms with Gasteiger partial charge in [-0.2, -0.15) is 5.10 Å². The van der Waals surface area contributed by atoms with E-state index in [-0.39, 0.29) is 18.3 Å². The molecule has 6 nitrogen and oxygen atoms in total. The first kappa shape index (κ1) is 21.9. The summed E-state index contributed by atoms with van der Waals surface area (Å²) < 4.78 is 21.2. The number of methoxy groups -OCH3 is 1. The quantitative estimate of drug-likeness (QED) is 0.346. The SMILES string of the molecule is COC(=O)c1c(NC(=S)Nc2nn(Cc3ccccc3F)cc2Br)sc2c1CCCC2. The fourth-order valence-corrected chi connectivity index (χ4v) is 5.54. The number of anilines is 2. The molecule has 2 aromatic heterocycles. The van der Waals surface area contributed by atoms with Gasteiger partial charge in [-0.05, 0) is 65.5 Å². The van der Waals surface area contributed by atoms with E-state index >= 15 is 0 Å². The number of nitrogens with zero attached hydrogens (tertiary/aromatic N) is 2. The number of carbonyl (C=O) groups excluding carboxylic acids is 1.